The van der Waals surface area contributed by atoms with Gasteiger partial charge in [0.1, 0.15) is 0 Å². The first-order chi connectivity index (χ1) is 5.47. The largest absolute Gasteiger partial charge is 0.334 e. The summed E-state index contributed by atoms with van der Waals surface area (Å²) in [4.78, 5) is 4.06. The predicted octanol–water partition coefficient (Wildman–Crippen LogP) is 2.39. The highest BCUT2D eigenvalue weighted by atomic mass is 15.0. The topological polar surface area (TPSA) is 17.8 Å². The van der Waals surface area contributed by atoms with Crippen LogP contribution in [0.5, 0.6) is 0 Å². The minimum atomic E-state index is 0.742. The van der Waals surface area contributed by atoms with Crippen molar-refractivity contribution in [2.45, 2.75) is 38.1 Å². The van der Waals surface area contributed by atoms with Crippen molar-refractivity contribution >= 4 is 0 Å². The molecule has 0 N–H and O–H groups in total. The molecule has 1 fully saturated rings. The van der Waals surface area contributed by atoms with E-state index in [0.29, 0.717) is 0 Å². The van der Waals surface area contributed by atoms with E-state index in [1.165, 1.54) is 32.1 Å². The lowest BCUT2D eigenvalue weighted by molar-refractivity contribution is 0.353. The smallest absolute Gasteiger partial charge is 0.0948 e. The number of hydrogen-bond acceptors (Lipinski definition) is 1. The molecule has 0 amide bonds. The summed E-state index contributed by atoms with van der Waals surface area (Å²) in [7, 11) is 0. The molecule has 0 aliphatic heterocycles. The highest BCUT2D eigenvalue weighted by Gasteiger charge is 2.13. The summed E-state index contributed by atoms with van der Waals surface area (Å²) >= 11 is 0. The number of nitrogens with zero attached hydrogens (tertiary/aromatic N) is 2. The summed E-state index contributed by atoms with van der Waals surface area (Å²) in [5, 5.41) is 0. The standard InChI is InChI=1S/C9H14N2/c1-2-4-9(5-3-1)11-7-6-10-8-11/h6-9H,1-5H2. The lowest BCUT2D eigenvalue weighted by Crippen LogP contribution is -2.10. The Hall–Kier alpha value is -0.790. The molecule has 2 rings (SSSR count). The van der Waals surface area contributed by atoms with E-state index in [1.54, 1.807) is 0 Å². The quantitative estimate of drug-likeness (QED) is 0.601. The average Bonchev–Trinajstić information content (AvgIpc) is 2.58. The molecule has 1 aliphatic carbocycles. The Labute approximate surface area is 67.3 Å². The predicted molar refractivity (Wildman–Crippen MR) is 44.3 cm³/mol. The van der Waals surface area contributed by atoms with Crippen LogP contribution < -0.4 is 0 Å². The maximum absolute atomic E-state index is 4.06. The maximum atomic E-state index is 4.06. The highest BCUT2D eigenvalue weighted by Crippen LogP contribution is 2.27. The van der Waals surface area contributed by atoms with Crippen LogP contribution in [-0.4, -0.2) is 9.55 Å². The zero-order chi connectivity index (χ0) is 7.52. The fourth-order valence-corrected chi connectivity index (χ4v) is 1.86. The molecule has 0 radical (unpaired) electrons. The Morgan fingerprint density at radius 1 is 1.18 bits per heavy atom. The van der Waals surface area contributed by atoms with Crippen LogP contribution in [0.2, 0.25) is 0 Å². The van der Waals surface area contributed by atoms with Gasteiger partial charge < -0.3 is 4.57 Å². The first-order valence-corrected chi connectivity index (χ1v) is 4.44. The second-order valence-corrected chi connectivity index (χ2v) is 3.30. The third kappa shape index (κ3) is 1.44. The van der Waals surface area contributed by atoms with Crippen LogP contribution in [0.3, 0.4) is 0 Å². The summed E-state index contributed by atoms with van der Waals surface area (Å²) in [6.45, 7) is 0. The molecular weight excluding hydrogens is 136 g/mol. The van der Waals surface area contributed by atoms with Gasteiger partial charge in [-0.1, -0.05) is 19.3 Å². The van der Waals surface area contributed by atoms with Gasteiger partial charge in [-0.25, -0.2) is 4.98 Å². The fourth-order valence-electron chi connectivity index (χ4n) is 1.86. The Morgan fingerprint density at radius 2 is 2.00 bits per heavy atom. The van der Waals surface area contributed by atoms with Crippen LogP contribution in [0.1, 0.15) is 38.1 Å². The van der Waals surface area contributed by atoms with Crippen LogP contribution in [0, 0.1) is 0 Å². The van der Waals surface area contributed by atoms with E-state index in [9.17, 15) is 0 Å². The Kier molecular flexibility index (Phi) is 1.93. The van der Waals surface area contributed by atoms with E-state index in [4.69, 9.17) is 0 Å². The third-order valence-corrected chi connectivity index (χ3v) is 2.52. The molecule has 1 aromatic heterocycles. The second-order valence-electron chi connectivity index (χ2n) is 3.30. The lowest BCUT2D eigenvalue weighted by Gasteiger charge is -2.22. The first-order valence-electron chi connectivity index (χ1n) is 4.44. The summed E-state index contributed by atoms with van der Waals surface area (Å²) in [6, 6.07) is 0.742. The molecule has 1 aromatic rings. The van der Waals surface area contributed by atoms with Gasteiger partial charge in [-0.2, -0.15) is 0 Å². The fraction of sp³-hybridized carbons (Fsp3) is 0.667. The van der Waals surface area contributed by atoms with Crippen molar-refractivity contribution in [2.24, 2.45) is 0 Å². The van der Waals surface area contributed by atoms with Gasteiger partial charge in [0.05, 0.1) is 6.33 Å². The molecule has 0 bridgehead atoms. The highest BCUT2D eigenvalue weighted by molar-refractivity contribution is 4.81. The normalized spacial score (nSPS) is 20.4. The van der Waals surface area contributed by atoms with Gasteiger partial charge in [-0.15, -0.1) is 0 Å². The monoisotopic (exact) mass is 150 g/mol. The molecule has 11 heavy (non-hydrogen) atoms. The van der Waals surface area contributed by atoms with Gasteiger partial charge >= 0.3 is 0 Å². The van der Waals surface area contributed by atoms with Crippen molar-refractivity contribution in [1.82, 2.24) is 9.55 Å². The summed E-state index contributed by atoms with van der Waals surface area (Å²) < 4.78 is 2.25. The Bertz CT molecular complexity index is 197. The van der Waals surface area contributed by atoms with Gasteiger partial charge in [0.2, 0.25) is 0 Å². The number of rotatable bonds is 1. The minimum absolute atomic E-state index is 0.742. The Balaban J connectivity index is 2.04. The van der Waals surface area contributed by atoms with Crippen LogP contribution in [-0.2, 0) is 0 Å². The molecule has 0 aromatic carbocycles. The average molecular weight is 150 g/mol. The van der Waals surface area contributed by atoms with Crippen LogP contribution in [0.4, 0.5) is 0 Å². The summed E-state index contributed by atoms with van der Waals surface area (Å²) in [5.41, 5.74) is 0. The van der Waals surface area contributed by atoms with Gasteiger partial charge in [-0.05, 0) is 12.8 Å². The molecule has 1 aliphatic rings. The second kappa shape index (κ2) is 3.07. The molecule has 2 heteroatoms. The van der Waals surface area contributed by atoms with E-state index in [0.717, 1.165) is 6.04 Å². The number of aromatic nitrogens is 2. The zero-order valence-electron chi connectivity index (χ0n) is 6.74. The summed E-state index contributed by atoms with van der Waals surface area (Å²) in [6.07, 6.45) is 12.8. The van der Waals surface area contributed by atoms with E-state index in [-0.39, 0.29) is 0 Å². The zero-order valence-corrected chi connectivity index (χ0v) is 6.74. The van der Waals surface area contributed by atoms with E-state index >= 15 is 0 Å². The Morgan fingerprint density at radius 3 is 2.64 bits per heavy atom. The number of hydrogen-bond donors (Lipinski definition) is 0. The van der Waals surface area contributed by atoms with Crippen molar-refractivity contribution in [3.63, 3.8) is 0 Å². The molecule has 0 unspecified atom stereocenters. The van der Waals surface area contributed by atoms with Crippen molar-refractivity contribution in [3.8, 4) is 0 Å². The van der Waals surface area contributed by atoms with Gasteiger partial charge in [-0.3, -0.25) is 0 Å². The maximum Gasteiger partial charge on any atom is 0.0948 e. The third-order valence-electron chi connectivity index (χ3n) is 2.52. The van der Waals surface area contributed by atoms with E-state index in [2.05, 4.69) is 15.7 Å². The summed E-state index contributed by atoms with van der Waals surface area (Å²) in [5.74, 6) is 0. The molecule has 60 valence electrons. The molecule has 1 saturated carbocycles. The SMILES string of the molecule is c1cn(C2CCCCC2)cn1. The van der Waals surface area contributed by atoms with Crippen LogP contribution >= 0.6 is 0 Å². The molecular formula is C9H14N2. The van der Waals surface area contributed by atoms with Crippen molar-refractivity contribution in [1.29, 1.82) is 0 Å². The van der Waals surface area contributed by atoms with E-state index in [1.807, 2.05) is 12.5 Å². The molecule has 0 atom stereocenters. The number of imidazole rings is 1. The molecule has 1 heterocycles. The molecule has 0 spiro atoms. The van der Waals surface area contributed by atoms with E-state index < -0.39 is 0 Å². The van der Waals surface area contributed by atoms with Crippen molar-refractivity contribution < 1.29 is 0 Å². The lowest BCUT2D eigenvalue weighted by atomic mass is 9.95. The van der Waals surface area contributed by atoms with Gasteiger partial charge in [0.25, 0.3) is 0 Å². The molecule has 0 saturated heterocycles. The minimum Gasteiger partial charge on any atom is -0.334 e. The van der Waals surface area contributed by atoms with Crippen molar-refractivity contribution in [2.75, 3.05) is 0 Å². The van der Waals surface area contributed by atoms with Gasteiger partial charge in [0, 0.05) is 18.4 Å². The van der Waals surface area contributed by atoms with Crippen molar-refractivity contribution in [3.05, 3.63) is 18.7 Å². The van der Waals surface area contributed by atoms with Crippen LogP contribution in [0.25, 0.3) is 0 Å². The molecule has 2 nitrogen and oxygen atoms in total. The van der Waals surface area contributed by atoms with Crippen LogP contribution in [0.15, 0.2) is 18.7 Å². The first kappa shape index (κ1) is 6.89. The van der Waals surface area contributed by atoms with Gasteiger partial charge in [0.15, 0.2) is 0 Å².